The van der Waals surface area contributed by atoms with Crippen molar-refractivity contribution in [3.8, 4) is 11.4 Å². The molecule has 0 aliphatic carbocycles. The molecule has 0 spiro atoms. The number of methoxy groups -OCH3 is 1. The normalized spacial score (nSPS) is 10.5. The average Bonchev–Trinajstić information content (AvgIpc) is 3.03. The zero-order valence-corrected chi connectivity index (χ0v) is 12.9. The molecule has 1 aromatic heterocycles. The van der Waals surface area contributed by atoms with Gasteiger partial charge in [0.15, 0.2) is 0 Å². The quantitative estimate of drug-likeness (QED) is 0.693. The number of nitrogens with zero attached hydrogens (tertiary/aromatic N) is 4. The van der Waals surface area contributed by atoms with Gasteiger partial charge >= 0.3 is 5.97 Å². The van der Waals surface area contributed by atoms with E-state index in [9.17, 15) is 4.79 Å². The van der Waals surface area contributed by atoms with E-state index in [0.29, 0.717) is 17.9 Å². The number of aryl methyl sites for hydroxylation is 1. The highest BCUT2D eigenvalue weighted by molar-refractivity contribution is 5.89. The van der Waals surface area contributed by atoms with Gasteiger partial charge in [-0.15, -0.1) is 10.2 Å². The Labute approximate surface area is 133 Å². The van der Waals surface area contributed by atoms with Gasteiger partial charge in [0.2, 0.25) is 5.82 Å². The van der Waals surface area contributed by atoms with E-state index >= 15 is 0 Å². The fourth-order valence-corrected chi connectivity index (χ4v) is 2.32. The molecule has 0 aliphatic heterocycles. The second-order valence-electron chi connectivity index (χ2n) is 5.15. The van der Waals surface area contributed by atoms with Crippen LogP contribution in [0.15, 0.2) is 48.5 Å². The lowest BCUT2D eigenvalue weighted by molar-refractivity contribution is 0.0600. The van der Waals surface area contributed by atoms with Gasteiger partial charge in [-0.1, -0.05) is 36.4 Å². The van der Waals surface area contributed by atoms with Crippen LogP contribution in [0.3, 0.4) is 0 Å². The monoisotopic (exact) mass is 308 g/mol. The van der Waals surface area contributed by atoms with E-state index in [1.54, 1.807) is 18.2 Å². The molecule has 0 aliphatic rings. The standard InChI is InChI=1S/C17H16N4O2/c1-12-6-3-4-9-15(12)16-18-20-21(19-16)11-13-7-5-8-14(10-13)17(22)23-2/h3-10H,11H2,1-2H3. The third kappa shape index (κ3) is 3.26. The molecule has 0 amide bonds. The molecular formula is C17H16N4O2. The summed E-state index contributed by atoms with van der Waals surface area (Å²) in [5.41, 5.74) is 3.47. The van der Waals surface area contributed by atoms with Crippen molar-refractivity contribution in [2.75, 3.05) is 7.11 Å². The summed E-state index contributed by atoms with van der Waals surface area (Å²) in [6, 6.07) is 15.1. The molecule has 116 valence electrons. The van der Waals surface area contributed by atoms with Crippen LogP contribution in [0.4, 0.5) is 0 Å². The Morgan fingerprint density at radius 2 is 2.00 bits per heavy atom. The average molecular weight is 308 g/mol. The van der Waals surface area contributed by atoms with Gasteiger partial charge in [0, 0.05) is 5.56 Å². The van der Waals surface area contributed by atoms with E-state index in [4.69, 9.17) is 4.74 Å². The molecule has 0 bridgehead atoms. The molecule has 0 radical (unpaired) electrons. The van der Waals surface area contributed by atoms with Gasteiger partial charge in [-0.25, -0.2) is 4.79 Å². The predicted molar refractivity (Wildman–Crippen MR) is 84.9 cm³/mol. The van der Waals surface area contributed by atoms with Crippen LogP contribution in [-0.4, -0.2) is 33.3 Å². The minimum Gasteiger partial charge on any atom is -0.465 e. The molecule has 3 aromatic rings. The topological polar surface area (TPSA) is 69.9 Å². The van der Waals surface area contributed by atoms with E-state index in [-0.39, 0.29) is 5.97 Å². The summed E-state index contributed by atoms with van der Waals surface area (Å²) >= 11 is 0. The SMILES string of the molecule is COC(=O)c1cccc(Cn2nnc(-c3ccccc3C)n2)c1. The third-order valence-corrected chi connectivity index (χ3v) is 3.51. The second kappa shape index (κ2) is 6.39. The van der Waals surface area contributed by atoms with Gasteiger partial charge in [-0.2, -0.15) is 4.80 Å². The molecule has 0 saturated heterocycles. The molecular weight excluding hydrogens is 292 g/mol. The van der Waals surface area contributed by atoms with Gasteiger partial charge in [-0.3, -0.25) is 0 Å². The Morgan fingerprint density at radius 1 is 1.17 bits per heavy atom. The van der Waals surface area contributed by atoms with Crippen molar-refractivity contribution in [3.05, 3.63) is 65.2 Å². The third-order valence-electron chi connectivity index (χ3n) is 3.51. The van der Waals surface area contributed by atoms with Crippen molar-refractivity contribution in [1.82, 2.24) is 20.2 Å². The van der Waals surface area contributed by atoms with Crippen LogP contribution in [0, 0.1) is 6.92 Å². The summed E-state index contributed by atoms with van der Waals surface area (Å²) in [5, 5.41) is 12.6. The summed E-state index contributed by atoms with van der Waals surface area (Å²) in [4.78, 5) is 13.1. The van der Waals surface area contributed by atoms with Crippen LogP contribution in [0.2, 0.25) is 0 Å². The van der Waals surface area contributed by atoms with Crippen molar-refractivity contribution >= 4 is 5.97 Å². The maximum Gasteiger partial charge on any atom is 0.337 e. The number of ether oxygens (including phenoxy) is 1. The number of carbonyl (C=O) groups is 1. The molecule has 2 aromatic carbocycles. The largest absolute Gasteiger partial charge is 0.465 e. The fourth-order valence-electron chi connectivity index (χ4n) is 2.32. The first kappa shape index (κ1) is 14.9. The first-order valence-corrected chi connectivity index (χ1v) is 7.18. The first-order chi connectivity index (χ1) is 11.2. The van der Waals surface area contributed by atoms with Crippen molar-refractivity contribution in [3.63, 3.8) is 0 Å². The summed E-state index contributed by atoms with van der Waals surface area (Å²) < 4.78 is 4.73. The van der Waals surface area contributed by atoms with E-state index in [1.807, 2.05) is 37.3 Å². The number of hydrogen-bond acceptors (Lipinski definition) is 5. The van der Waals surface area contributed by atoms with Crippen molar-refractivity contribution in [1.29, 1.82) is 0 Å². The summed E-state index contributed by atoms with van der Waals surface area (Å²) in [6.07, 6.45) is 0. The molecule has 0 fully saturated rings. The molecule has 0 saturated carbocycles. The summed E-state index contributed by atoms with van der Waals surface area (Å²) in [7, 11) is 1.36. The molecule has 0 unspecified atom stereocenters. The van der Waals surface area contributed by atoms with Crippen LogP contribution in [0.5, 0.6) is 0 Å². The molecule has 3 rings (SSSR count). The number of aromatic nitrogens is 4. The smallest absolute Gasteiger partial charge is 0.337 e. The lowest BCUT2D eigenvalue weighted by Gasteiger charge is -2.03. The molecule has 6 nitrogen and oxygen atoms in total. The molecule has 23 heavy (non-hydrogen) atoms. The van der Waals surface area contributed by atoms with Crippen LogP contribution in [0.1, 0.15) is 21.5 Å². The number of esters is 1. The lowest BCUT2D eigenvalue weighted by Crippen LogP contribution is -2.06. The van der Waals surface area contributed by atoms with Gasteiger partial charge in [0.1, 0.15) is 0 Å². The maximum atomic E-state index is 11.6. The number of hydrogen-bond donors (Lipinski definition) is 0. The maximum absolute atomic E-state index is 11.6. The highest BCUT2D eigenvalue weighted by Gasteiger charge is 2.10. The highest BCUT2D eigenvalue weighted by Crippen LogP contribution is 2.18. The lowest BCUT2D eigenvalue weighted by atomic mass is 10.1. The predicted octanol–water partition coefficient (Wildman–Crippen LogP) is 2.48. The Balaban J connectivity index is 1.82. The summed E-state index contributed by atoms with van der Waals surface area (Å²) in [5.74, 6) is 0.228. The van der Waals surface area contributed by atoms with Crippen molar-refractivity contribution < 1.29 is 9.53 Å². The van der Waals surface area contributed by atoms with Gasteiger partial charge in [0.05, 0.1) is 19.2 Å². The Morgan fingerprint density at radius 3 is 2.78 bits per heavy atom. The number of carbonyl (C=O) groups excluding carboxylic acids is 1. The minimum absolute atomic E-state index is 0.362. The number of rotatable bonds is 4. The van der Waals surface area contributed by atoms with Crippen molar-refractivity contribution in [2.24, 2.45) is 0 Å². The zero-order valence-electron chi connectivity index (χ0n) is 12.9. The van der Waals surface area contributed by atoms with Crippen LogP contribution < -0.4 is 0 Å². The highest BCUT2D eigenvalue weighted by atomic mass is 16.5. The van der Waals surface area contributed by atoms with E-state index in [1.165, 1.54) is 11.9 Å². The zero-order chi connectivity index (χ0) is 16.2. The van der Waals surface area contributed by atoms with E-state index in [2.05, 4.69) is 15.4 Å². The van der Waals surface area contributed by atoms with Gasteiger partial charge in [-0.05, 0) is 35.4 Å². The first-order valence-electron chi connectivity index (χ1n) is 7.18. The fraction of sp³-hybridized carbons (Fsp3) is 0.176. The van der Waals surface area contributed by atoms with E-state index in [0.717, 1.165) is 16.7 Å². The Hall–Kier alpha value is -3.02. The molecule has 1 heterocycles. The van der Waals surface area contributed by atoms with E-state index < -0.39 is 0 Å². The van der Waals surface area contributed by atoms with Gasteiger partial charge < -0.3 is 4.74 Å². The van der Waals surface area contributed by atoms with Crippen LogP contribution >= 0.6 is 0 Å². The van der Waals surface area contributed by atoms with Gasteiger partial charge in [0.25, 0.3) is 0 Å². The number of benzene rings is 2. The second-order valence-corrected chi connectivity index (χ2v) is 5.15. The Kier molecular flexibility index (Phi) is 4.14. The minimum atomic E-state index is -0.362. The van der Waals surface area contributed by atoms with Crippen LogP contribution in [-0.2, 0) is 11.3 Å². The Bertz CT molecular complexity index is 842. The van der Waals surface area contributed by atoms with Crippen molar-refractivity contribution in [2.45, 2.75) is 13.5 Å². The molecule has 0 atom stereocenters. The number of tetrazole rings is 1. The summed E-state index contributed by atoms with van der Waals surface area (Å²) in [6.45, 7) is 2.44. The van der Waals surface area contributed by atoms with Crippen LogP contribution in [0.25, 0.3) is 11.4 Å². The molecule has 0 N–H and O–H groups in total. The molecule has 6 heteroatoms.